The maximum Gasteiger partial charge on any atom is 0.245 e. The summed E-state index contributed by atoms with van der Waals surface area (Å²) < 4.78 is 0. The predicted molar refractivity (Wildman–Crippen MR) is 67.9 cm³/mol. The molecule has 5 heteroatoms. The molecular formula is C13H22N2O3. The molecule has 1 unspecified atom stereocenters. The summed E-state index contributed by atoms with van der Waals surface area (Å²) in [5.41, 5.74) is 0. The Morgan fingerprint density at radius 3 is 2.50 bits per heavy atom. The summed E-state index contributed by atoms with van der Waals surface area (Å²) in [5, 5.41) is 2.73. The maximum atomic E-state index is 12.1. The number of carbonyl (C=O) groups is 3. The Morgan fingerprint density at radius 2 is 2.00 bits per heavy atom. The topological polar surface area (TPSA) is 66.5 Å². The molecule has 102 valence electrons. The molecule has 0 aromatic heterocycles. The van der Waals surface area contributed by atoms with E-state index < -0.39 is 6.04 Å². The third-order valence-corrected chi connectivity index (χ3v) is 3.36. The summed E-state index contributed by atoms with van der Waals surface area (Å²) in [6.07, 6.45) is 1.01. The highest BCUT2D eigenvalue weighted by molar-refractivity contribution is 5.94. The number of ketones is 1. The van der Waals surface area contributed by atoms with E-state index in [9.17, 15) is 14.4 Å². The van der Waals surface area contributed by atoms with E-state index in [1.807, 2.05) is 0 Å². The van der Waals surface area contributed by atoms with Crippen LogP contribution in [0.25, 0.3) is 0 Å². The molecule has 1 aliphatic rings. The van der Waals surface area contributed by atoms with Crippen molar-refractivity contribution in [2.24, 2.45) is 5.92 Å². The van der Waals surface area contributed by atoms with Crippen molar-refractivity contribution in [2.45, 2.75) is 52.6 Å². The Balaban J connectivity index is 2.62. The van der Waals surface area contributed by atoms with Gasteiger partial charge >= 0.3 is 0 Å². The lowest BCUT2D eigenvalue weighted by molar-refractivity contribution is -0.138. The molecule has 1 fully saturated rings. The lowest BCUT2D eigenvalue weighted by Gasteiger charge is -2.23. The van der Waals surface area contributed by atoms with E-state index in [-0.39, 0.29) is 29.6 Å². The van der Waals surface area contributed by atoms with E-state index in [0.717, 1.165) is 0 Å². The van der Waals surface area contributed by atoms with E-state index in [4.69, 9.17) is 0 Å². The molecular weight excluding hydrogens is 232 g/mol. The van der Waals surface area contributed by atoms with Gasteiger partial charge in [0.15, 0.2) is 5.78 Å². The van der Waals surface area contributed by atoms with Crippen LogP contribution in [0.3, 0.4) is 0 Å². The molecule has 0 aliphatic carbocycles. The molecule has 1 N–H and O–H groups in total. The van der Waals surface area contributed by atoms with Gasteiger partial charge in [-0.3, -0.25) is 14.4 Å². The van der Waals surface area contributed by atoms with Crippen molar-refractivity contribution >= 4 is 17.6 Å². The molecule has 0 aromatic carbocycles. The van der Waals surface area contributed by atoms with Gasteiger partial charge in [0.25, 0.3) is 0 Å². The summed E-state index contributed by atoms with van der Waals surface area (Å²) in [7, 11) is 0. The minimum Gasteiger partial charge on any atom is -0.344 e. The van der Waals surface area contributed by atoms with Crippen molar-refractivity contribution in [3.63, 3.8) is 0 Å². The van der Waals surface area contributed by atoms with Crippen LogP contribution in [-0.2, 0) is 14.4 Å². The molecule has 2 amide bonds. The van der Waals surface area contributed by atoms with Crippen molar-refractivity contribution in [3.05, 3.63) is 0 Å². The standard InChI is InChI=1S/C13H22N2O3/c1-5-11(16)9(4)15-7-6-10(13(15)18)14-12(17)8(2)3/h8-10H,5-7H2,1-4H3,(H,14,17)/t9-,10?/m0/s1. The zero-order valence-corrected chi connectivity index (χ0v) is 11.5. The number of rotatable bonds is 5. The molecule has 1 saturated heterocycles. The molecule has 18 heavy (non-hydrogen) atoms. The Labute approximate surface area is 108 Å². The molecule has 0 bridgehead atoms. The first-order valence-corrected chi connectivity index (χ1v) is 6.52. The number of nitrogens with one attached hydrogen (secondary N) is 1. The molecule has 2 atom stereocenters. The van der Waals surface area contributed by atoms with Gasteiger partial charge in [0.1, 0.15) is 6.04 Å². The van der Waals surface area contributed by atoms with Gasteiger partial charge in [-0.15, -0.1) is 0 Å². The lowest BCUT2D eigenvalue weighted by Crippen LogP contribution is -2.46. The largest absolute Gasteiger partial charge is 0.344 e. The molecule has 1 heterocycles. The Morgan fingerprint density at radius 1 is 1.39 bits per heavy atom. The number of Topliss-reactive ketones (excluding diaryl/α,β-unsaturated/α-hetero) is 1. The second-order valence-corrected chi connectivity index (χ2v) is 5.03. The SMILES string of the molecule is CCC(=O)[C@H](C)N1CCC(NC(=O)C(C)C)C1=O. The summed E-state index contributed by atoms with van der Waals surface area (Å²) in [6.45, 7) is 7.65. The van der Waals surface area contributed by atoms with Gasteiger partial charge in [0.05, 0.1) is 6.04 Å². The van der Waals surface area contributed by atoms with Crippen LogP contribution in [0, 0.1) is 5.92 Å². The number of likely N-dealkylation sites (tertiary alicyclic amines) is 1. The van der Waals surface area contributed by atoms with Crippen LogP contribution >= 0.6 is 0 Å². The summed E-state index contributed by atoms with van der Waals surface area (Å²) in [5.74, 6) is -0.344. The Bertz CT molecular complexity index is 352. The fourth-order valence-corrected chi connectivity index (χ4v) is 2.03. The van der Waals surface area contributed by atoms with E-state index in [2.05, 4.69) is 5.32 Å². The molecule has 0 spiro atoms. The fourth-order valence-electron chi connectivity index (χ4n) is 2.03. The second kappa shape index (κ2) is 5.98. The Hall–Kier alpha value is -1.39. The van der Waals surface area contributed by atoms with Crippen molar-refractivity contribution in [1.29, 1.82) is 0 Å². The van der Waals surface area contributed by atoms with E-state index in [0.29, 0.717) is 19.4 Å². The number of hydrogen-bond donors (Lipinski definition) is 1. The molecule has 5 nitrogen and oxygen atoms in total. The minimum absolute atomic E-state index is 0.0548. The number of hydrogen-bond acceptors (Lipinski definition) is 3. The third kappa shape index (κ3) is 3.09. The zero-order chi connectivity index (χ0) is 13.9. The molecule has 1 rings (SSSR count). The first-order valence-electron chi connectivity index (χ1n) is 6.52. The van der Waals surface area contributed by atoms with Crippen molar-refractivity contribution in [1.82, 2.24) is 10.2 Å². The van der Waals surface area contributed by atoms with Gasteiger partial charge in [-0.2, -0.15) is 0 Å². The highest BCUT2D eigenvalue weighted by Gasteiger charge is 2.37. The Kier molecular flexibility index (Phi) is 4.87. The fraction of sp³-hybridized carbons (Fsp3) is 0.769. The normalized spacial score (nSPS) is 21.3. The molecule has 0 aromatic rings. The van der Waals surface area contributed by atoms with Crippen LogP contribution in [0.2, 0.25) is 0 Å². The lowest BCUT2D eigenvalue weighted by atomic mass is 10.1. The van der Waals surface area contributed by atoms with Crippen molar-refractivity contribution in [2.75, 3.05) is 6.54 Å². The van der Waals surface area contributed by atoms with Gasteiger partial charge in [-0.05, 0) is 13.3 Å². The van der Waals surface area contributed by atoms with Crippen LogP contribution in [-0.4, -0.2) is 41.1 Å². The minimum atomic E-state index is -0.466. The van der Waals surface area contributed by atoms with Crippen molar-refractivity contribution < 1.29 is 14.4 Å². The molecule has 0 saturated carbocycles. The van der Waals surface area contributed by atoms with Crippen LogP contribution in [0.4, 0.5) is 0 Å². The average molecular weight is 254 g/mol. The van der Waals surface area contributed by atoms with Crippen LogP contribution in [0.5, 0.6) is 0 Å². The monoisotopic (exact) mass is 254 g/mol. The summed E-state index contributed by atoms with van der Waals surface area (Å²) in [4.78, 5) is 36.8. The first-order chi connectivity index (χ1) is 8.38. The highest BCUT2D eigenvalue weighted by Crippen LogP contribution is 2.16. The first kappa shape index (κ1) is 14.7. The smallest absolute Gasteiger partial charge is 0.245 e. The average Bonchev–Trinajstić information content (AvgIpc) is 2.69. The third-order valence-electron chi connectivity index (χ3n) is 3.36. The van der Waals surface area contributed by atoms with Gasteiger partial charge in [-0.25, -0.2) is 0 Å². The van der Waals surface area contributed by atoms with Crippen LogP contribution in [0.15, 0.2) is 0 Å². The number of carbonyl (C=O) groups excluding carboxylic acids is 3. The number of amides is 2. The van der Waals surface area contributed by atoms with Gasteiger partial charge < -0.3 is 10.2 Å². The van der Waals surface area contributed by atoms with Gasteiger partial charge in [0.2, 0.25) is 11.8 Å². The quantitative estimate of drug-likeness (QED) is 0.786. The van der Waals surface area contributed by atoms with E-state index in [1.54, 1.807) is 32.6 Å². The number of nitrogens with zero attached hydrogens (tertiary/aromatic N) is 1. The van der Waals surface area contributed by atoms with E-state index >= 15 is 0 Å². The van der Waals surface area contributed by atoms with Gasteiger partial charge in [-0.1, -0.05) is 20.8 Å². The van der Waals surface area contributed by atoms with Crippen LogP contribution < -0.4 is 5.32 Å². The predicted octanol–water partition coefficient (Wildman–Crippen LogP) is 0.727. The zero-order valence-electron chi connectivity index (χ0n) is 11.5. The van der Waals surface area contributed by atoms with Crippen molar-refractivity contribution in [3.8, 4) is 0 Å². The van der Waals surface area contributed by atoms with Crippen LogP contribution in [0.1, 0.15) is 40.5 Å². The maximum absolute atomic E-state index is 12.1. The molecule has 0 radical (unpaired) electrons. The van der Waals surface area contributed by atoms with Gasteiger partial charge in [0, 0.05) is 18.9 Å². The summed E-state index contributed by atoms with van der Waals surface area (Å²) >= 11 is 0. The summed E-state index contributed by atoms with van der Waals surface area (Å²) in [6, 6.07) is -0.851. The van der Waals surface area contributed by atoms with E-state index in [1.165, 1.54) is 0 Å². The highest BCUT2D eigenvalue weighted by atomic mass is 16.2. The molecule has 1 aliphatic heterocycles. The second-order valence-electron chi connectivity index (χ2n) is 5.03.